The van der Waals surface area contributed by atoms with Gasteiger partial charge in [0.25, 0.3) is 0 Å². The zero-order chi connectivity index (χ0) is 8.15. The van der Waals surface area contributed by atoms with E-state index in [9.17, 15) is 0 Å². The van der Waals surface area contributed by atoms with Gasteiger partial charge in [0.05, 0.1) is 4.05 Å². The monoisotopic (exact) mass is 256 g/mol. The highest BCUT2D eigenvalue weighted by atomic mass is 127. The summed E-state index contributed by atoms with van der Waals surface area (Å²) in [5.74, 6) is 0. The Kier molecular flexibility index (Phi) is 5.67. The first kappa shape index (κ1) is 10.7. The number of alkyl halides is 1. The van der Waals surface area contributed by atoms with E-state index in [-0.39, 0.29) is 0 Å². The minimum atomic E-state index is 0.637. The molecule has 1 unspecified atom stereocenters. The van der Waals surface area contributed by atoms with E-state index in [1.807, 2.05) is 0 Å². The van der Waals surface area contributed by atoms with Gasteiger partial charge in [0.1, 0.15) is 0 Å². The van der Waals surface area contributed by atoms with Gasteiger partial charge in [0, 0.05) is 13.1 Å². The largest absolute Gasteiger partial charge is 0.308 e. The molecule has 0 spiro atoms. The standard InChI is InChI=1S/C7H17IN2/c1-7(8)10(4)6-5-9(2)3/h7H,5-6H2,1-4H3. The minimum absolute atomic E-state index is 0.637. The van der Waals surface area contributed by atoms with Crippen molar-refractivity contribution >= 4 is 22.6 Å². The SMILES string of the molecule is CC(I)N(C)CCN(C)C. The van der Waals surface area contributed by atoms with E-state index in [1.165, 1.54) is 0 Å². The Morgan fingerprint density at radius 3 is 2.00 bits per heavy atom. The highest BCUT2D eigenvalue weighted by Crippen LogP contribution is 2.02. The Bertz CT molecular complexity index is 83.7. The smallest absolute Gasteiger partial charge is 0.0587 e. The molecule has 0 amide bonds. The molecule has 0 saturated heterocycles. The van der Waals surface area contributed by atoms with E-state index >= 15 is 0 Å². The van der Waals surface area contributed by atoms with Gasteiger partial charge in [-0.25, -0.2) is 0 Å². The molecule has 0 bridgehead atoms. The van der Waals surface area contributed by atoms with Crippen molar-refractivity contribution in [2.75, 3.05) is 34.2 Å². The zero-order valence-corrected chi connectivity index (χ0v) is 9.42. The summed E-state index contributed by atoms with van der Waals surface area (Å²) < 4.78 is 0.637. The summed E-state index contributed by atoms with van der Waals surface area (Å²) in [5, 5.41) is 0. The van der Waals surface area contributed by atoms with Crippen LogP contribution in [0.25, 0.3) is 0 Å². The van der Waals surface area contributed by atoms with Crippen molar-refractivity contribution in [3.8, 4) is 0 Å². The highest BCUT2D eigenvalue weighted by molar-refractivity contribution is 14.1. The van der Waals surface area contributed by atoms with Crippen LogP contribution in [0.1, 0.15) is 6.92 Å². The molecular weight excluding hydrogens is 239 g/mol. The third-order valence-electron chi connectivity index (χ3n) is 1.51. The molecule has 0 rings (SSSR count). The Morgan fingerprint density at radius 2 is 1.70 bits per heavy atom. The molecular formula is C7H17IN2. The van der Waals surface area contributed by atoms with E-state index in [0.717, 1.165) is 13.1 Å². The molecule has 1 atom stereocenters. The molecule has 0 aromatic carbocycles. The third kappa shape index (κ3) is 5.44. The molecule has 0 fully saturated rings. The first-order valence-corrected chi connectivity index (χ1v) is 4.77. The number of rotatable bonds is 4. The average Bonchev–Trinajstić information content (AvgIpc) is 1.82. The highest BCUT2D eigenvalue weighted by Gasteiger charge is 2.03. The number of likely N-dealkylation sites (N-methyl/N-ethyl adjacent to an activating group) is 2. The van der Waals surface area contributed by atoms with Crippen LogP contribution in [0.4, 0.5) is 0 Å². The lowest BCUT2D eigenvalue weighted by Gasteiger charge is -2.21. The average molecular weight is 256 g/mol. The number of halogens is 1. The fourth-order valence-electron chi connectivity index (χ4n) is 0.536. The van der Waals surface area contributed by atoms with Gasteiger partial charge in [0.2, 0.25) is 0 Å². The predicted octanol–water partition coefficient (Wildman–Crippen LogP) is 1.26. The summed E-state index contributed by atoms with van der Waals surface area (Å²) in [7, 11) is 6.36. The van der Waals surface area contributed by atoms with Gasteiger partial charge >= 0.3 is 0 Å². The molecule has 0 aliphatic rings. The van der Waals surface area contributed by atoms with Crippen LogP contribution in [0.2, 0.25) is 0 Å². The van der Waals surface area contributed by atoms with Crippen molar-refractivity contribution in [1.82, 2.24) is 9.80 Å². The topological polar surface area (TPSA) is 6.48 Å². The molecule has 62 valence electrons. The van der Waals surface area contributed by atoms with E-state index in [0.29, 0.717) is 4.05 Å². The van der Waals surface area contributed by atoms with Gasteiger partial charge in [0.15, 0.2) is 0 Å². The van der Waals surface area contributed by atoms with Crippen molar-refractivity contribution in [2.24, 2.45) is 0 Å². The summed E-state index contributed by atoms with van der Waals surface area (Å²) in [4.78, 5) is 4.54. The van der Waals surface area contributed by atoms with Gasteiger partial charge in [-0.1, -0.05) is 22.6 Å². The first-order chi connectivity index (χ1) is 4.54. The summed E-state index contributed by atoms with van der Waals surface area (Å²) in [6, 6.07) is 0. The predicted molar refractivity (Wildman–Crippen MR) is 54.7 cm³/mol. The third-order valence-corrected chi connectivity index (χ3v) is 2.46. The van der Waals surface area contributed by atoms with Crippen molar-refractivity contribution in [1.29, 1.82) is 0 Å². The normalized spacial score (nSPS) is 14.7. The van der Waals surface area contributed by atoms with Gasteiger partial charge in [-0.05, 0) is 28.1 Å². The van der Waals surface area contributed by atoms with Crippen LogP contribution in [-0.2, 0) is 0 Å². The second-order valence-corrected chi connectivity index (χ2v) is 4.66. The molecule has 0 aromatic rings. The van der Waals surface area contributed by atoms with Crippen LogP contribution >= 0.6 is 22.6 Å². The van der Waals surface area contributed by atoms with Crippen LogP contribution in [0, 0.1) is 0 Å². The lowest BCUT2D eigenvalue weighted by atomic mass is 10.5. The summed E-state index contributed by atoms with van der Waals surface area (Å²) >= 11 is 2.42. The maximum Gasteiger partial charge on any atom is 0.0587 e. The lowest BCUT2D eigenvalue weighted by Crippen LogP contribution is -2.31. The van der Waals surface area contributed by atoms with Crippen molar-refractivity contribution in [3.63, 3.8) is 0 Å². The molecule has 0 saturated carbocycles. The second-order valence-electron chi connectivity index (χ2n) is 2.86. The molecule has 10 heavy (non-hydrogen) atoms. The molecule has 0 radical (unpaired) electrons. The van der Waals surface area contributed by atoms with Crippen LogP contribution in [0.5, 0.6) is 0 Å². The quantitative estimate of drug-likeness (QED) is 0.424. The Balaban J connectivity index is 3.30. The van der Waals surface area contributed by atoms with E-state index in [1.54, 1.807) is 0 Å². The molecule has 0 aliphatic carbocycles. The lowest BCUT2D eigenvalue weighted by molar-refractivity contribution is 0.284. The molecule has 0 aromatic heterocycles. The van der Waals surface area contributed by atoms with Gasteiger partial charge in [-0.2, -0.15) is 0 Å². The second kappa shape index (κ2) is 5.32. The minimum Gasteiger partial charge on any atom is -0.308 e. The van der Waals surface area contributed by atoms with Crippen molar-refractivity contribution < 1.29 is 0 Å². The maximum absolute atomic E-state index is 2.42. The van der Waals surface area contributed by atoms with Crippen molar-refractivity contribution in [3.05, 3.63) is 0 Å². The first-order valence-electron chi connectivity index (χ1n) is 3.53. The molecule has 2 nitrogen and oxygen atoms in total. The summed E-state index contributed by atoms with van der Waals surface area (Å²) in [5.41, 5.74) is 0. The van der Waals surface area contributed by atoms with E-state index in [2.05, 4.69) is 60.5 Å². The molecule has 3 heteroatoms. The Hall–Kier alpha value is 0.650. The van der Waals surface area contributed by atoms with Gasteiger partial charge in [-0.15, -0.1) is 0 Å². The number of hydrogen-bond acceptors (Lipinski definition) is 2. The van der Waals surface area contributed by atoms with Crippen molar-refractivity contribution in [2.45, 2.75) is 11.0 Å². The van der Waals surface area contributed by atoms with Crippen LogP contribution in [-0.4, -0.2) is 48.1 Å². The number of hydrogen-bond donors (Lipinski definition) is 0. The Morgan fingerprint density at radius 1 is 1.20 bits per heavy atom. The molecule has 0 aliphatic heterocycles. The van der Waals surface area contributed by atoms with Gasteiger partial charge in [-0.3, -0.25) is 4.90 Å². The fourth-order valence-corrected chi connectivity index (χ4v) is 0.814. The van der Waals surface area contributed by atoms with Crippen LogP contribution < -0.4 is 0 Å². The van der Waals surface area contributed by atoms with Crippen LogP contribution in [0.15, 0.2) is 0 Å². The number of nitrogens with zero attached hydrogens (tertiary/aromatic N) is 2. The maximum atomic E-state index is 2.42. The summed E-state index contributed by atoms with van der Waals surface area (Å²) in [6.07, 6.45) is 0. The van der Waals surface area contributed by atoms with E-state index < -0.39 is 0 Å². The fraction of sp³-hybridized carbons (Fsp3) is 1.00. The molecule has 0 N–H and O–H groups in total. The van der Waals surface area contributed by atoms with E-state index in [4.69, 9.17) is 0 Å². The Labute approximate surface area is 77.7 Å². The molecule has 0 heterocycles. The van der Waals surface area contributed by atoms with Crippen LogP contribution in [0.3, 0.4) is 0 Å². The zero-order valence-electron chi connectivity index (χ0n) is 7.26. The van der Waals surface area contributed by atoms with Gasteiger partial charge < -0.3 is 4.90 Å². The summed E-state index contributed by atoms with van der Waals surface area (Å²) in [6.45, 7) is 4.50.